The Hall–Kier alpha value is -2.12. The number of imidazole rings is 1. The lowest BCUT2D eigenvalue weighted by Crippen LogP contribution is -2.32. The first-order valence-electron chi connectivity index (χ1n) is 9.11. The molecule has 0 bridgehead atoms. The topological polar surface area (TPSA) is 51.0 Å². The van der Waals surface area contributed by atoms with Gasteiger partial charge in [-0.3, -0.25) is 9.69 Å². The van der Waals surface area contributed by atoms with Crippen LogP contribution in [0, 0.1) is 6.92 Å². The average molecular weight is 482 g/mol. The van der Waals surface area contributed by atoms with E-state index in [1.165, 1.54) is 11.3 Å². The zero-order chi connectivity index (χ0) is 20.4. The van der Waals surface area contributed by atoms with E-state index >= 15 is 0 Å². The highest BCUT2D eigenvalue weighted by molar-refractivity contribution is 7.22. The minimum atomic E-state index is -0.209. The molecule has 2 aromatic heterocycles. The van der Waals surface area contributed by atoms with Gasteiger partial charge in [-0.2, -0.15) is 0 Å². The Balaban J connectivity index is 0.00000256. The van der Waals surface area contributed by atoms with E-state index in [1.807, 2.05) is 29.8 Å². The van der Waals surface area contributed by atoms with Gasteiger partial charge in [-0.15, -0.1) is 12.4 Å². The predicted octanol–water partition coefficient (Wildman–Crippen LogP) is 6.27. The van der Waals surface area contributed by atoms with Gasteiger partial charge in [0.15, 0.2) is 5.13 Å². The van der Waals surface area contributed by atoms with E-state index in [0.717, 1.165) is 28.7 Å². The number of aromatic nitrogens is 3. The van der Waals surface area contributed by atoms with Crippen molar-refractivity contribution in [3.05, 3.63) is 76.3 Å². The molecule has 4 aromatic rings. The second kappa shape index (κ2) is 9.79. The Morgan fingerprint density at radius 3 is 2.80 bits per heavy atom. The van der Waals surface area contributed by atoms with Crippen LogP contribution in [-0.4, -0.2) is 27.0 Å². The molecule has 0 radical (unpaired) electrons. The third kappa shape index (κ3) is 4.95. The van der Waals surface area contributed by atoms with Gasteiger partial charge in [-0.05, 0) is 49.2 Å². The van der Waals surface area contributed by atoms with Crippen molar-refractivity contribution in [3.63, 3.8) is 0 Å². The fourth-order valence-electron chi connectivity index (χ4n) is 3.06. The zero-order valence-electron chi connectivity index (χ0n) is 16.1. The number of fused-ring (bicyclic) bond motifs is 1. The number of carbonyl (C=O) groups is 1. The minimum absolute atomic E-state index is 0. The van der Waals surface area contributed by atoms with Crippen molar-refractivity contribution in [2.75, 3.05) is 11.4 Å². The van der Waals surface area contributed by atoms with E-state index in [2.05, 4.69) is 11.1 Å². The molecule has 0 aliphatic carbocycles. The molecule has 0 aliphatic heterocycles. The predicted molar refractivity (Wildman–Crippen MR) is 127 cm³/mol. The molecule has 5 nitrogen and oxygen atoms in total. The van der Waals surface area contributed by atoms with Crippen LogP contribution in [0.25, 0.3) is 10.2 Å². The standard InChI is InChI=1S/C21H18Cl2N4OS.ClH/c1-14-3-6-18-19(11-14)29-21(25-18)27(9-2-8-26-10-7-24-13-26)20(28)16-12-15(22)4-5-17(16)23;/h3-7,10-13H,2,8-9H2,1H3;1H. The second-order valence-corrected chi connectivity index (χ2v) is 8.56. The summed E-state index contributed by atoms with van der Waals surface area (Å²) >= 11 is 13.9. The van der Waals surface area contributed by atoms with E-state index < -0.39 is 0 Å². The van der Waals surface area contributed by atoms with Gasteiger partial charge in [0.05, 0.1) is 27.1 Å². The van der Waals surface area contributed by atoms with Gasteiger partial charge in [0, 0.05) is 30.5 Å². The summed E-state index contributed by atoms with van der Waals surface area (Å²) in [5, 5.41) is 1.49. The Bertz CT molecular complexity index is 1160. The molecule has 30 heavy (non-hydrogen) atoms. The first kappa shape index (κ1) is 22.6. The summed E-state index contributed by atoms with van der Waals surface area (Å²) in [6.45, 7) is 3.29. The summed E-state index contributed by atoms with van der Waals surface area (Å²) in [5.41, 5.74) is 2.40. The maximum absolute atomic E-state index is 13.4. The van der Waals surface area contributed by atoms with Crippen LogP contribution in [-0.2, 0) is 6.54 Å². The molecule has 1 amide bonds. The largest absolute Gasteiger partial charge is 0.337 e. The van der Waals surface area contributed by atoms with Crippen molar-refractivity contribution < 1.29 is 4.79 Å². The number of anilines is 1. The molecule has 9 heteroatoms. The lowest BCUT2D eigenvalue weighted by molar-refractivity contribution is 0.0986. The van der Waals surface area contributed by atoms with Crippen LogP contribution >= 0.6 is 46.9 Å². The van der Waals surface area contributed by atoms with Crippen LogP contribution in [0.2, 0.25) is 10.0 Å². The van der Waals surface area contributed by atoms with Crippen molar-refractivity contribution in [3.8, 4) is 0 Å². The van der Waals surface area contributed by atoms with E-state index in [1.54, 1.807) is 35.6 Å². The van der Waals surface area contributed by atoms with Gasteiger partial charge in [0.1, 0.15) is 0 Å². The molecule has 0 atom stereocenters. The van der Waals surface area contributed by atoms with E-state index in [4.69, 9.17) is 28.2 Å². The first-order chi connectivity index (χ1) is 14.0. The van der Waals surface area contributed by atoms with Crippen LogP contribution in [0.1, 0.15) is 22.3 Å². The van der Waals surface area contributed by atoms with Gasteiger partial charge in [-0.25, -0.2) is 9.97 Å². The molecule has 4 rings (SSSR count). The van der Waals surface area contributed by atoms with Crippen LogP contribution in [0.5, 0.6) is 0 Å². The SMILES string of the molecule is Cc1ccc2nc(N(CCCn3ccnc3)C(=O)c3cc(Cl)ccc3Cl)sc2c1.Cl. The number of carbonyl (C=O) groups excluding carboxylic acids is 1. The molecule has 2 aromatic carbocycles. The first-order valence-corrected chi connectivity index (χ1v) is 10.7. The molecule has 0 fully saturated rings. The van der Waals surface area contributed by atoms with Crippen LogP contribution in [0.15, 0.2) is 55.1 Å². The number of nitrogens with zero attached hydrogens (tertiary/aromatic N) is 4. The number of thiazole rings is 1. The second-order valence-electron chi connectivity index (χ2n) is 6.70. The summed E-state index contributed by atoms with van der Waals surface area (Å²) in [5.74, 6) is -0.209. The summed E-state index contributed by atoms with van der Waals surface area (Å²) < 4.78 is 3.03. The highest BCUT2D eigenvalue weighted by atomic mass is 35.5. The quantitative estimate of drug-likeness (QED) is 0.326. The molecule has 0 spiro atoms. The van der Waals surface area contributed by atoms with Crippen LogP contribution < -0.4 is 4.90 Å². The van der Waals surface area contributed by atoms with Gasteiger partial charge >= 0.3 is 0 Å². The molecule has 2 heterocycles. The lowest BCUT2D eigenvalue weighted by Gasteiger charge is -2.20. The fraction of sp³-hybridized carbons (Fsp3) is 0.190. The number of halogens is 3. The maximum Gasteiger partial charge on any atom is 0.261 e. The minimum Gasteiger partial charge on any atom is -0.337 e. The number of hydrogen-bond donors (Lipinski definition) is 0. The normalized spacial score (nSPS) is 10.8. The van der Waals surface area contributed by atoms with Gasteiger partial charge in [0.2, 0.25) is 0 Å². The number of amides is 1. The van der Waals surface area contributed by atoms with E-state index in [9.17, 15) is 4.79 Å². The molecule has 0 aliphatic rings. The average Bonchev–Trinajstić information content (AvgIpc) is 3.36. The Morgan fingerprint density at radius 2 is 2.03 bits per heavy atom. The molecule has 0 saturated carbocycles. The number of benzene rings is 2. The smallest absolute Gasteiger partial charge is 0.261 e. The summed E-state index contributed by atoms with van der Waals surface area (Å²) in [4.78, 5) is 23.8. The van der Waals surface area contributed by atoms with Crippen molar-refractivity contribution in [1.82, 2.24) is 14.5 Å². The monoisotopic (exact) mass is 480 g/mol. The zero-order valence-corrected chi connectivity index (χ0v) is 19.2. The van der Waals surface area contributed by atoms with Crippen molar-refractivity contribution in [1.29, 1.82) is 0 Å². The van der Waals surface area contributed by atoms with Crippen molar-refractivity contribution in [2.45, 2.75) is 19.9 Å². The van der Waals surface area contributed by atoms with Crippen molar-refractivity contribution in [2.24, 2.45) is 0 Å². The van der Waals surface area contributed by atoms with Crippen LogP contribution in [0.4, 0.5) is 5.13 Å². The van der Waals surface area contributed by atoms with Crippen LogP contribution in [0.3, 0.4) is 0 Å². The summed E-state index contributed by atoms with van der Waals surface area (Å²) in [7, 11) is 0. The number of aryl methyl sites for hydroxylation is 2. The maximum atomic E-state index is 13.4. The summed E-state index contributed by atoms with van der Waals surface area (Å²) in [6, 6.07) is 11.0. The highest BCUT2D eigenvalue weighted by Crippen LogP contribution is 2.32. The Kier molecular flexibility index (Phi) is 7.36. The fourth-order valence-corrected chi connectivity index (χ4v) is 4.52. The molecule has 0 unspecified atom stereocenters. The van der Waals surface area contributed by atoms with Gasteiger partial charge in [0.25, 0.3) is 5.91 Å². The highest BCUT2D eigenvalue weighted by Gasteiger charge is 2.23. The molecular weight excluding hydrogens is 463 g/mol. The molecular formula is C21H19Cl3N4OS. The van der Waals surface area contributed by atoms with Gasteiger partial charge in [-0.1, -0.05) is 40.6 Å². The molecule has 0 N–H and O–H groups in total. The molecule has 156 valence electrons. The Morgan fingerprint density at radius 1 is 1.20 bits per heavy atom. The molecule has 0 saturated heterocycles. The number of rotatable bonds is 6. The lowest BCUT2D eigenvalue weighted by atomic mass is 10.2. The Labute approximate surface area is 194 Å². The van der Waals surface area contributed by atoms with Gasteiger partial charge < -0.3 is 4.57 Å². The van der Waals surface area contributed by atoms with E-state index in [0.29, 0.717) is 27.3 Å². The third-order valence-corrected chi connectivity index (χ3v) is 6.13. The van der Waals surface area contributed by atoms with E-state index in [-0.39, 0.29) is 18.3 Å². The number of hydrogen-bond acceptors (Lipinski definition) is 4. The summed E-state index contributed by atoms with van der Waals surface area (Å²) in [6.07, 6.45) is 6.15. The van der Waals surface area contributed by atoms with Crippen molar-refractivity contribution >= 4 is 68.2 Å². The third-order valence-electron chi connectivity index (χ3n) is 4.52.